The van der Waals surface area contributed by atoms with E-state index in [-0.39, 0.29) is 0 Å². The van der Waals surface area contributed by atoms with Crippen molar-refractivity contribution >= 4 is 13.6 Å². The predicted molar refractivity (Wildman–Crippen MR) is 36.4 cm³/mol. The topological polar surface area (TPSA) is 20.3 Å². The quantitative estimate of drug-likeness (QED) is 0.274. The van der Waals surface area contributed by atoms with Crippen LogP contribution in [0.25, 0.3) is 0 Å². The molecule has 2 nitrogen and oxygen atoms in total. The fraction of sp³-hybridized carbons (Fsp3) is 0.500. The van der Waals surface area contributed by atoms with Crippen LogP contribution in [-0.4, -0.2) is 31.5 Å². The Morgan fingerprint density at radius 3 is 2.89 bits per heavy atom. The second-order valence-electron chi connectivity index (χ2n) is 2.10. The summed E-state index contributed by atoms with van der Waals surface area (Å²) in [4.78, 5) is 11.8. The molecule has 9 heavy (non-hydrogen) atoms. The summed E-state index contributed by atoms with van der Waals surface area (Å²) in [6, 6.07) is 0. The third kappa shape index (κ3) is 1.33. The van der Waals surface area contributed by atoms with Gasteiger partial charge >= 0.3 is 0 Å². The molecule has 0 saturated carbocycles. The molecule has 1 radical (unpaired) electrons. The zero-order chi connectivity index (χ0) is 6.69. The van der Waals surface area contributed by atoms with Crippen molar-refractivity contribution in [2.75, 3.05) is 13.1 Å². The Morgan fingerprint density at radius 1 is 1.78 bits per heavy atom. The van der Waals surface area contributed by atoms with E-state index in [1.807, 2.05) is 4.81 Å². The fourth-order valence-electron chi connectivity index (χ4n) is 0.826. The smallest absolute Gasteiger partial charge is 0.293 e. The molecule has 0 spiro atoms. The van der Waals surface area contributed by atoms with Gasteiger partial charge in [-0.05, 0) is 0 Å². The number of terminal acetylenes is 1. The Labute approximate surface area is 55.5 Å². The monoisotopic (exact) mass is 120 g/mol. The zero-order valence-electron chi connectivity index (χ0n) is 5.08. The van der Waals surface area contributed by atoms with E-state index in [0.29, 0.717) is 5.92 Å². The lowest BCUT2D eigenvalue weighted by atomic mass is 9.85. The molecule has 3 heteroatoms. The molecule has 0 N–H and O–H groups in total. The lowest BCUT2D eigenvalue weighted by Gasteiger charge is -2.34. The minimum atomic E-state index is 0.362. The summed E-state index contributed by atoms with van der Waals surface area (Å²) >= 11 is 0. The number of rotatable bonds is 2. The first-order valence-electron chi connectivity index (χ1n) is 2.85. The van der Waals surface area contributed by atoms with Crippen molar-refractivity contribution in [3.8, 4) is 12.3 Å². The van der Waals surface area contributed by atoms with E-state index in [1.54, 1.807) is 0 Å². The van der Waals surface area contributed by atoms with Crippen molar-refractivity contribution in [1.82, 2.24) is 4.81 Å². The van der Waals surface area contributed by atoms with E-state index in [1.165, 1.54) is 7.41 Å². The summed E-state index contributed by atoms with van der Waals surface area (Å²) in [7, 11) is 1.52. The van der Waals surface area contributed by atoms with Crippen LogP contribution in [0.5, 0.6) is 0 Å². The van der Waals surface area contributed by atoms with E-state index in [9.17, 15) is 4.79 Å². The van der Waals surface area contributed by atoms with Gasteiger partial charge in [0, 0.05) is 19.0 Å². The second-order valence-corrected chi connectivity index (χ2v) is 2.10. The normalized spacial score (nSPS) is 19.9. The summed E-state index contributed by atoms with van der Waals surface area (Å²) in [5.41, 5.74) is 0. The Kier molecular flexibility index (Phi) is 1.91. The second kappa shape index (κ2) is 2.70. The van der Waals surface area contributed by atoms with E-state index < -0.39 is 0 Å². The van der Waals surface area contributed by atoms with Crippen molar-refractivity contribution in [3.63, 3.8) is 0 Å². The van der Waals surface area contributed by atoms with Crippen LogP contribution in [0, 0.1) is 18.3 Å². The average molecular weight is 120 g/mol. The van der Waals surface area contributed by atoms with Gasteiger partial charge in [-0.3, -0.25) is 0 Å². The summed E-state index contributed by atoms with van der Waals surface area (Å²) in [5, 5.41) is 0. The van der Waals surface area contributed by atoms with E-state index >= 15 is 0 Å². The van der Waals surface area contributed by atoms with Gasteiger partial charge in [0.05, 0.1) is 6.19 Å². The van der Waals surface area contributed by atoms with Crippen LogP contribution in [0.15, 0.2) is 0 Å². The molecule has 1 aliphatic heterocycles. The average Bonchev–Trinajstić information content (AvgIpc) is 1.77. The van der Waals surface area contributed by atoms with Crippen LogP contribution in [0.4, 0.5) is 0 Å². The van der Waals surface area contributed by atoms with Crippen molar-refractivity contribution in [2.24, 2.45) is 5.92 Å². The maximum absolute atomic E-state index is 9.85. The van der Waals surface area contributed by atoms with E-state index in [0.717, 1.165) is 19.3 Å². The highest BCUT2D eigenvalue weighted by molar-refractivity contribution is 6.64. The Balaban J connectivity index is 2.13. The molecular formula is C6H7BNO. The van der Waals surface area contributed by atoms with Crippen molar-refractivity contribution in [2.45, 2.75) is 0 Å². The molecule has 0 aromatic rings. The van der Waals surface area contributed by atoms with Crippen molar-refractivity contribution < 1.29 is 4.79 Å². The van der Waals surface area contributed by atoms with Crippen molar-refractivity contribution in [1.29, 1.82) is 0 Å². The molecule has 1 saturated heterocycles. The Bertz CT molecular complexity index is 146. The minimum absolute atomic E-state index is 0.362. The highest BCUT2D eigenvalue weighted by Gasteiger charge is 2.23. The largest absolute Gasteiger partial charge is 0.338 e. The number of nitrogens with zero attached hydrogens (tertiary/aromatic N) is 1. The Hall–Kier alpha value is -0.745. The van der Waals surface area contributed by atoms with Crippen molar-refractivity contribution in [3.05, 3.63) is 0 Å². The predicted octanol–water partition coefficient (Wildman–Crippen LogP) is -0.639. The summed E-state index contributed by atoms with van der Waals surface area (Å²) in [6.45, 7) is 1.68. The van der Waals surface area contributed by atoms with Crippen LogP contribution in [-0.2, 0) is 4.79 Å². The third-order valence-corrected chi connectivity index (χ3v) is 1.42. The highest BCUT2D eigenvalue weighted by atomic mass is 16.1. The van der Waals surface area contributed by atoms with Crippen LogP contribution in [0.2, 0.25) is 0 Å². The van der Waals surface area contributed by atoms with Crippen LogP contribution < -0.4 is 0 Å². The third-order valence-electron chi connectivity index (χ3n) is 1.42. The molecule has 45 valence electrons. The van der Waals surface area contributed by atoms with Crippen LogP contribution in [0.1, 0.15) is 0 Å². The van der Waals surface area contributed by atoms with Gasteiger partial charge in [0.2, 0.25) is 0 Å². The molecule has 1 aliphatic rings. The van der Waals surface area contributed by atoms with E-state index in [4.69, 9.17) is 6.42 Å². The molecule has 0 bridgehead atoms. The maximum atomic E-state index is 9.85. The maximum Gasteiger partial charge on any atom is 0.293 e. The molecule has 0 atom stereocenters. The van der Waals surface area contributed by atoms with Crippen LogP contribution >= 0.6 is 0 Å². The molecule has 1 rings (SSSR count). The lowest BCUT2D eigenvalue weighted by molar-refractivity contribution is 0.259. The van der Waals surface area contributed by atoms with Gasteiger partial charge in [-0.25, -0.2) is 0 Å². The van der Waals surface area contributed by atoms with Gasteiger partial charge in [0.15, 0.2) is 0 Å². The first-order chi connectivity index (χ1) is 4.36. The first kappa shape index (κ1) is 6.38. The van der Waals surface area contributed by atoms with E-state index in [2.05, 4.69) is 5.92 Å². The SMILES string of the molecule is C#CC1CN([B]C=O)C1. The standard InChI is InChI=1S/C6H7BNO/c1-2-6-3-8(4-6)7-5-9/h1,5-6H,3-4H2. The molecule has 0 aromatic carbocycles. The molecule has 1 fully saturated rings. The van der Waals surface area contributed by atoms with Gasteiger partial charge in [-0.2, -0.15) is 0 Å². The number of hydrogen-bond acceptors (Lipinski definition) is 2. The number of carbonyl (C=O) groups is 1. The molecule has 1 heterocycles. The summed E-state index contributed by atoms with van der Waals surface area (Å²) in [5.74, 6) is 2.97. The highest BCUT2D eigenvalue weighted by Crippen LogP contribution is 2.10. The van der Waals surface area contributed by atoms with Gasteiger partial charge in [-0.15, -0.1) is 12.3 Å². The van der Waals surface area contributed by atoms with Gasteiger partial charge in [0.1, 0.15) is 0 Å². The summed E-state index contributed by atoms with van der Waals surface area (Å²) in [6.07, 6.45) is 5.90. The molecule has 0 unspecified atom stereocenters. The number of carbonyl (C=O) groups excluding carboxylic acids is 1. The fourth-order valence-corrected chi connectivity index (χ4v) is 0.826. The lowest BCUT2D eigenvalue weighted by Crippen LogP contribution is -2.48. The minimum Gasteiger partial charge on any atom is -0.338 e. The van der Waals surface area contributed by atoms with Crippen LogP contribution in [0.3, 0.4) is 0 Å². The summed E-state index contributed by atoms with van der Waals surface area (Å²) < 4.78 is 0. The number of hydrogen-bond donors (Lipinski definition) is 0. The molecule has 0 aliphatic carbocycles. The van der Waals surface area contributed by atoms with Gasteiger partial charge in [0.25, 0.3) is 7.41 Å². The van der Waals surface area contributed by atoms with Gasteiger partial charge < -0.3 is 9.61 Å². The zero-order valence-corrected chi connectivity index (χ0v) is 5.08. The molecular weight excluding hydrogens is 113 g/mol. The Morgan fingerprint density at radius 2 is 2.44 bits per heavy atom. The molecule has 0 aromatic heterocycles. The first-order valence-corrected chi connectivity index (χ1v) is 2.85. The molecule has 0 amide bonds. The van der Waals surface area contributed by atoms with Gasteiger partial charge in [-0.1, -0.05) is 0 Å².